The molecule has 0 radical (unpaired) electrons. The summed E-state index contributed by atoms with van der Waals surface area (Å²) >= 11 is 0. The monoisotopic (exact) mass is 381 g/mol. The maximum Gasteiger partial charge on any atom is 1.00 e. The smallest absolute Gasteiger partial charge is 0.811 e. The van der Waals surface area contributed by atoms with Gasteiger partial charge in [-0.15, -0.1) is 0 Å². The molecule has 11 nitrogen and oxygen atoms in total. The zero-order valence-electron chi connectivity index (χ0n) is 13.1. The Hall–Kier alpha value is 0.670. The Balaban J connectivity index is 0.00000264. The normalized spacial score (nSPS) is 27.9. The van der Waals surface area contributed by atoms with Crippen LogP contribution in [0.2, 0.25) is 0 Å². The zero-order valence-corrected chi connectivity index (χ0v) is 17.9. The van der Waals surface area contributed by atoms with Gasteiger partial charge < -0.3 is 40.1 Å². The van der Waals surface area contributed by atoms with Crippen LogP contribution in [0.3, 0.4) is 0 Å². The maximum atomic E-state index is 11.7. The number of nitrogen functional groups attached to an aromatic ring is 1. The number of hydrogen-bond acceptors (Lipinski definition) is 10. The van der Waals surface area contributed by atoms with E-state index in [0.29, 0.717) is 0 Å². The minimum Gasteiger partial charge on any atom is -0.811 e. The number of nitrogens with zero attached hydrogens (tertiary/aromatic N) is 2. The molecule has 5 atom stereocenters. The second kappa shape index (κ2) is 9.56. The van der Waals surface area contributed by atoms with Crippen LogP contribution in [0.5, 0.6) is 0 Å². The molecule has 0 aliphatic carbocycles. The average molecular weight is 381 g/mol. The van der Waals surface area contributed by atoms with E-state index in [9.17, 15) is 34.5 Å². The molecular formula is C10H14N3Na2O8P. The third-order valence-electron chi connectivity index (χ3n) is 3.19. The first kappa shape index (κ1) is 24.7. The Morgan fingerprint density at radius 1 is 1.38 bits per heavy atom. The fourth-order valence-electron chi connectivity index (χ4n) is 2.19. The maximum absolute atomic E-state index is 11.7. The first-order chi connectivity index (χ1) is 10.1. The van der Waals surface area contributed by atoms with Gasteiger partial charge in [0.25, 0.3) is 0 Å². The van der Waals surface area contributed by atoms with Gasteiger partial charge >= 0.3 is 64.8 Å². The molecule has 0 spiro atoms. The van der Waals surface area contributed by atoms with Crippen LogP contribution >= 0.6 is 7.60 Å². The summed E-state index contributed by atoms with van der Waals surface area (Å²) in [7, 11) is -5.05. The minimum atomic E-state index is -5.05. The van der Waals surface area contributed by atoms with Crippen LogP contribution in [0.25, 0.3) is 0 Å². The summed E-state index contributed by atoms with van der Waals surface area (Å²) < 4.78 is 16.6. The van der Waals surface area contributed by atoms with Crippen LogP contribution < -0.4 is 80.3 Å². The molecule has 1 saturated heterocycles. The van der Waals surface area contributed by atoms with E-state index in [-0.39, 0.29) is 64.9 Å². The first-order valence-corrected chi connectivity index (χ1v) is 7.88. The molecule has 124 valence electrons. The number of anilines is 1. The molecule has 14 heteroatoms. The fraction of sp³-hybridized carbons (Fsp3) is 0.600. The van der Waals surface area contributed by atoms with Gasteiger partial charge in [-0.25, -0.2) is 4.79 Å². The minimum absolute atomic E-state index is 0. The third-order valence-corrected chi connectivity index (χ3v) is 4.01. The molecular weight excluding hydrogens is 367 g/mol. The molecule has 0 amide bonds. The summed E-state index contributed by atoms with van der Waals surface area (Å²) in [5, 5.41) is 29.4. The van der Waals surface area contributed by atoms with Crippen molar-refractivity contribution in [2.75, 3.05) is 11.9 Å². The topological polar surface area (TPSA) is 194 Å². The predicted octanol–water partition coefficient (Wildman–Crippen LogP) is -10.3. The summed E-state index contributed by atoms with van der Waals surface area (Å²) in [5.74, 6) is -0.0653. The number of hydrogen-bond donors (Lipinski definition) is 4. The van der Waals surface area contributed by atoms with Crippen LogP contribution in [0, 0.1) is 0 Å². The van der Waals surface area contributed by atoms with Gasteiger partial charge in [-0.05, 0) is 6.07 Å². The van der Waals surface area contributed by atoms with Crippen molar-refractivity contribution in [2.24, 2.45) is 0 Å². The van der Waals surface area contributed by atoms with E-state index < -0.39 is 50.1 Å². The number of rotatable bonds is 4. The van der Waals surface area contributed by atoms with E-state index in [1.54, 1.807) is 0 Å². The number of ether oxygens (including phenoxy) is 1. The molecule has 1 aliphatic rings. The Kier molecular flexibility index (Phi) is 9.83. The van der Waals surface area contributed by atoms with Crippen molar-refractivity contribution in [1.29, 1.82) is 0 Å². The molecule has 0 bridgehead atoms. The summed E-state index contributed by atoms with van der Waals surface area (Å²) in [6, 6.07) is 1.25. The van der Waals surface area contributed by atoms with Crippen molar-refractivity contribution in [2.45, 2.75) is 30.6 Å². The van der Waals surface area contributed by atoms with Crippen LogP contribution in [-0.4, -0.2) is 55.4 Å². The summed E-state index contributed by atoms with van der Waals surface area (Å²) in [4.78, 5) is 36.4. The molecule has 2 rings (SSSR count). The van der Waals surface area contributed by atoms with Gasteiger partial charge in [-0.3, -0.25) is 4.57 Å². The standard InChI is InChI=1S/C10H16N3O8P.2Na/c11-5-1-2-13(10(17)12-5)9-7(16)6(15)8(21-9)4(14)3-22(18,19)20;;/h1-2,4,6-9,14-16H,3H2,(H2,11,12,17)(H2,18,19,20);;/q;2*+1/p-2/t4-,6+,7+,8-,9-;;/m1../s1. The van der Waals surface area contributed by atoms with Gasteiger partial charge in [-0.2, -0.15) is 4.98 Å². The molecule has 5 N–H and O–H groups in total. The fourth-order valence-corrected chi connectivity index (χ4v) is 2.85. The second-order valence-corrected chi connectivity index (χ2v) is 6.46. The van der Waals surface area contributed by atoms with Gasteiger partial charge in [0.1, 0.15) is 24.1 Å². The van der Waals surface area contributed by atoms with Gasteiger partial charge in [-0.1, -0.05) is 7.60 Å². The van der Waals surface area contributed by atoms with Crippen molar-refractivity contribution in [3.8, 4) is 0 Å². The summed E-state index contributed by atoms with van der Waals surface area (Å²) in [5.41, 5.74) is 4.44. The van der Waals surface area contributed by atoms with Gasteiger partial charge in [0.15, 0.2) is 6.23 Å². The zero-order chi connectivity index (χ0) is 16.7. The molecule has 0 aromatic carbocycles. The molecule has 24 heavy (non-hydrogen) atoms. The van der Waals surface area contributed by atoms with Gasteiger partial charge in [0.05, 0.1) is 6.10 Å². The Morgan fingerprint density at radius 2 is 1.96 bits per heavy atom. The summed E-state index contributed by atoms with van der Waals surface area (Å²) in [6.07, 6.45) is -8.17. The van der Waals surface area contributed by atoms with Crippen LogP contribution in [0.15, 0.2) is 17.1 Å². The van der Waals surface area contributed by atoms with Crippen LogP contribution in [0.1, 0.15) is 6.23 Å². The van der Waals surface area contributed by atoms with Gasteiger partial charge in [0.2, 0.25) is 0 Å². The van der Waals surface area contributed by atoms with Crippen molar-refractivity contribution in [3.63, 3.8) is 0 Å². The van der Waals surface area contributed by atoms with E-state index in [1.807, 2.05) is 0 Å². The molecule has 1 fully saturated rings. The van der Waals surface area contributed by atoms with Crippen LogP contribution in [-0.2, 0) is 9.30 Å². The Labute approximate surface area is 180 Å². The predicted molar refractivity (Wildman–Crippen MR) is 67.3 cm³/mol. The molecule has 2 heterocycles. The molecule has 1 aromatic rings. The van der Waals surface area contributed by atoms with Crippen molar-refractivity contribution >= 4 is 13.4 Å². The molecule has 1 aromatic heterocycles. The Bertz CT molecular complexity index is 655. The van der Waals surface area contributed by atoms with Crippen molar-refractivity contribution in [3.05, 3.63) is 22.7 Å². The SMILES string of the molecule is Nc1ccn([C@@H]2O[C@H]([C@H](O)CP(=O)([O-])[O-])[C@@H](O)[C@@H]2O)c(=O)n1.[Na+].[Na+]. The quantitative estimate of drug-likeness (QED) is 0.287. The van der Waals surface area contributed by atoms with Crippen LogP contribution in [0.4, 0.5) is 5.82 Å². The largest absolute Gasteiger partial charge is 1.00 e. The number of aliphatic hydroxyl groups is 3. The van der Waals surface area contributed by atoms with Gasteiger partial charge in [0, 0.05) is 12.4 Å². The number of aromatic nitrogens is 2. The molecule has 0 unspecified atom stereocenters. The Morgan fingerprint density at radius 3 is 2.46 bits per heavy atom. The average Bonchev–Trinajstić information content (AvgIpc) is 2.65. The van der Waals surface area contributed by atoms with E-state index >= 15 is 0 Å². The summed E-state index contributed by atoms with van der Waals surface area (Å²) in [6.45, 7) is 0. The first-order valence-electron chi connectivity index (χ1n) is 6.15. The van der Waals surface area contributed by atoms with E-state index in [2.05, 4.69) is 4.98 Å². The molecule has 0 saturated carbocycles. The van der Waals surface area contributed by atoms with Crippen molar-refractivity contribution < 1.29 is 93.5 Å². The van der Waals surface area contributed by atoms with E-state index in [4.69, 9.17) is 10.5 Å². The molecule has 1 aliphatic heterocycles. The second-order valence-electron chi connectivity index (χ2n) is 4.88. The number of nitrogens with two attached hydrogens (primary N) is 1. The van der Waals surface area contributed by atoms with E-state index in [1.165, 1.54) is 6.07 Å². The van der Waals surface area contributed by atoms with Crippen molar-refractivity contribution in [1.82, 2.24) is 9.55 Å². The number of aliphatic hydroxyl groups excluding tert-OH is 3. The third kappa shape index (κ3) is 5.85. The van der Waals surface area contributed by atoms with E-state index in [0.717, 1.165) is 10.8 Å².